The smallest absolute Gasteiger partial charge is 0.0745 e. The van der Waals surface area contributed by atoms with Crippen molar-refractivity contribution in [1.29, 1.82) is 0 Å². The number of anilines is 1. The van der Waals surface area contributed by atoms with Gasteiger partial charge in [0, 0.05) is 24.7 Å². The van der Waals surface area contributed by atoms with E-state index in [1.54, 1.807) is 0 Å². The highest BCUT2D eigenvalue weighted by Crippen LogP contribution is 2.20. The minimum Gasteiger partial charge on any atom is -0.393 e. The van der Waals surface area contributed by atoms with Gasteiger partial charge in [-0.05, 0) is 25.0 Å². The molecular formula is C14H22N2S. The number of hydrogen-bond donors (Lipinski definition) is 1. The third-order valence-electron chi connectivity index (χ3n) is 3.07. The maximum absolute atomic E-state index is 5.61. The van der Waals surface area contributed by atoms with Gasteiger partial charge in [0.05, 0.1) is 4.99 Å². The van der Waals surface area contributed by atoms with Gasteiger partial charge in [0.2, 0.25) is 0 Å². The average molecular weight is 250 g/mol. The fraction of sp³-hybridized carbons (Fsp3) is 0.500. The highest BCUT2D eigenvalue weighted by atomic mass is 32.1. The molecule has 94 valence electrons. The molecule has 0 atom stereocenters. The molecule has 0 bridgehead atoms. The molecule has 1 aromatic carbocycles. The molecule has 0 saturated heterocycles. The minimum atomic E-state index is 0.562. The molecular weight excluding hydrogens is 228 g/mol. The van der Waals surface area contributed by atoms with Crippen molar-refractivity contribution in [3.8, 4) is 0 Å². The molecule has 0 amide bonds. The Morgan fingerprint density at radius 1 is 1.24 bits per heavy atom. The number of nitrogens with zero attached hydrogens (tertiary/aromatic N) is 1. The molecule has 3 heteroatoms. The highest BCUT2D eigenvalue weighted by Gasteiger charge is 2.15. The van der Waals surface area contributed by atoms with E-state index in [9.17, 15) is 0 Å². The first-order chi connectivity index (χ1) is 8.19. The molecule has 2 nitrogen and oxygen atoms in total. The summed E-state index contributed by atoms with van der Waals surface area (Å²) in [6, 6.07) is 11.1. The molecule has 0 fully saturated rings. The fourth-order valence-corrected chi connectivity index (χ4v) is 2.19. The molecule has 0 heterocycles. The van der Waals surface area contributed by atoms with Crippen molar-refractivity contribution in [1.82, 2.24) is 0 Å². The SMILES string of the molecule is CCC(CC)N(CCC(N)=S)c1ccccc1. The summed E-state index contributed by atoms with van der Waals surface area (Å²) < 4.78 is 0. The molecule has 1 rings (SSSR count). The van der Waals surface area contributed by atoms with Crippen LogP contribution in [0.25, 0.3) is 0 Å². The zero-order chi connectivity index (χ0) is 12.7. The van der Waals surface area contributed by atoms with Crippen LogP contribution in [-0.2, 0) is 0 Å². The highest BCUT2D eigenvalue weighted by molar-refractivity contribution is 7.80. The van der Waals surface area contributed by atoms with Crippen molar-refractivity contribution in [2.24, 2.45) is 5.73 Å². The van der Waals surface area contributed by atoms with Gasteiger partial charge >= 0.3 is 0 Å². The lowest BCUT2D eigenvalue weighted by atomic mass is 10.1. The van der Waals surface area contributed by atoms with Crippen LogP contribution in [0.1, 0.15) is 33.1 Å². The minimum absolute atomic E-state index is 0.562. The Kier molecular flexibility index (Phi) is 5.98. The molecule has 0 aliphatic carbocycles. The van der Waals surface area contributed by atoms with E-state index in [1.165, 1.54) is 5.69 Å². The van der Waals surface area contributed by atoms with Crippen LogP contribution in [0, 0.1) is 0 Å². The Labute approximate surface area is 110 Å². The van der Waals surface area contributed by atoms with Crippen LogP contribution in [0.3, 0.4) is 0 Å². The van der Waals surface area contributed by atoms with E-state index in [2.05, 4.69) is 43.0 Å². The molecule has 0 aliphatic heterocycles. The zero-order valence-corrected chi connectivity index (χ0v) is 11.5. The molecule has 1 aromatic rings. The van der Waals surface area contributed by atoms with Crippen LogP contribution in [0.4, 0.5) is 5.69 Å². The Balaban J connectivity index is 2.81. The Bertz CT molecular complexity index is 333. The van der Waals surface area contributed by atoms with E-state index in [-0.39, 0.29) is 0 Å². The van der Waals surface area contributed by atoms with Crippen LogP contribution < -0.4 is 10.6 Å². The molecule has 17 heavy (non-hydrogen) atoms. The van der Waals surface area contributed by atoms with Gasteiger partial charge in [0.1, 0.15) is 0 Å². The van der Waals surface area contributed by atoms with Gasteiger partial charge in [-0.15, -0.1) is 0 Å². The lowest BCUT2D eigenvalue weighted by molar-refractivity contribution is 0.561. The lowest BCUT2D eigenvalue weighted by Gasteiger charge is -2.32. The Morgan fingerprint density at radius 3 is 2.29 bits per heavy atom. The number of benzene rings is 1. The van der Waals surface area contributed by atoms with Crippen LogP contribution in [-0.4, -0.2) is 17.6 Å². The third kappa shape index (κ3) is 4.35. The van der Waals surface area contributed by atoms with Crippen molar-refractivity contribution < 1.29 is 0 Å². The standard InChI is InChI=1S/C14H22N2S/c1-3-12(4-2)16(11-10-14(15)17)13-8-6-5-7-9-13/h5-9,12H,3-4,10-11H2,1-2H3,(H2,15,17). The number of nitrogens with two attached hydrogens (primary N) is 1. The second kappa shape index (κ2) is 7.28. The van der Waals surface area contributed by atoms with Crippen LogP contribution in [0.15, 0.2) is 30.3 Å². The lowest BCUT2D eigenvalue weighted by Crippen LogP contribution is -2.36. The summed E-state index contributed by atoms with van der Waals surface area (Å²) in [5.41, 5.74) is 6.87. The monoisotopic (exact) mass is 250 g/mol. The summed E-state index contributed by atoms with van der Waals surface area (Å²) in [5.74, 6) is 0. The molecule has 0 unspecified atom stereocenters. The second-order valence-electron chi connectivity index (χ2n) is 4.22. The van der Waals surface area contributed by atoms with Gasteiger partial charge in [-0.3, -0.25) is 0 Å². The number of hydrogen-bond acceptors (Lipinski definition) is 2. The molecule has 0 aliphatic rings. The van der Waals surface area contributed by atoms with Gasteiger partial charge in [-0.25, -0.2) is 0 Å². The first-order valence-electron chi connectivity index (χ1n) is 6.29. The van der Waals surface area contributed by atoms with E-state index in [0.29, 0.717) is 11.0 Å². The number of para-hydroxylation sites is 1. The van der Waals surface area contributed by atoms with E-state index < -0.39 is 0 Å². The number of thiocarbonyl (C=S) groups is 1. The quantitative estimate of drug-likeness (QED) is 0.752. The summed E-state index contributed by atoms with van der Waals surface area (Å²) >= 11 is 4.97. The first-order valence-corrected chi connectivity index (χ1v) is 6.69. The fourth-order valence-electron chi connectivity index (χ4n) is 2.10. The van der Waals surface area contributed by atoms with E-state index in [1.807, 2.05) is 6.07 Å². The predicted octanol–water partition coefficient (Wildman–Crippen LogP) is 3.36. The van der Waals surface area contributed by atoms with Crippen LogP contribution in [0.2, 0.25) is 0 Å². The Morgan fingerprint density at radius 2 is 1.82 bits per heavy atom. The summed E-state index contributed by atoms with van der Waals surface area (Å²) in [6.45, 7) is 5.36. The summed E-state index contributed by atoms with van der Waals surface area (Å²) in [5, 5.41) is 0. The van der Waals surface area contributed by atoms with E-state index in [4.69, 9.17) is 18.0 Å². The van der Waals surface area contributed by atoms with E-state index >= 15 is 0 Å². The molecule has 0 aromatic heterocycles. The second-order valence-corrected chi connectivity index (χ2v) is 4.74. The first kappa shape index (κ1) is 14.0. The predicted molar refractivity (Wildman–Crippen MR) is 79.6 cm³/mol. The van der Waals surface area contributed by atoms with Crippen molar-refractivity contribution in [2.45, 2.75) is 39.2 Å². The summed E-state index contributed by atoms with van der Waals surface area (Å²) in [7, 11) is 0. The average Bonchev–Trinajstić information content (AvgIpc) is 2.35. The van der Waals surface area contributed by atoms with Crippen molar-refractivity contribution in [3.63, 3.8) is 0 Å². The van der Waals surface area contributed by atoms with Gasteiger partial charge in [-0.2, -0.15) is 0 Å². The normalized spacial score (nSPS) is 10.5. The largest absolute Gasteiger partial charge is 0.393 e. The van der Waals surface area contributed by atoms with Crippen molar-refractivity contribution in [3.05, 3.63) is 30.3 Å². The topological polar surface area (TPSA) is 29.3 Å². The third-order valence-corrected chi connectivity index (χ3v) is 3.27. The van der Waals surface area contributed by atoms with Crippen molar-refractivity contribution in [2.75, 3.05) is 11.4 Å². The van der Waals surface area contributed by atoms with Crippen LogP contribution >= 0.6 is 12.2 Å². The molecule has 0 saturated carbocycles. The van der Waals surface area contributed by atoms with E-state index in [0.717, 1.165) is 25.8 Å². The molecule has 0 spiro atoms. The van der Waals surface area contributed by atoms with Gasteiger partial charge < -0.3 is 10.6 Å². The van der Waals surface area contributed by atoms with Gasteiger partial charge in [0.25, 0.3) is 0 Å². The summed E-state index contributed by atoms with van der Waals surface area (Å²) in [4.78, 5) is 3.01. The van der Waals surface area contributed by atoms with Gasteiger partial charge in [0.15, 0.2) is 0 Å². The zero-order valence-electron chi connectivity index (χ0n) is 10.7. The maximum atomic E-state index is 5.61. The molecule has 2 N–H and O–H groups in total. The number of rotatable bonds is 7. The molecule has 0 radical (unpaired) electrons. The van der Waals surface area contributed by atoms with Crippen molar-refractivity contribution >= 4 is 22.9 Å². The maximum Gasteiger partial charge on any atom is 0.0745 e. The van der Waals surface area contributed by atoms with Gasteiger partial charge in [-0.1, -0.05) is 44.3 Å². The Hall–Kier alpha value is -1.09. The van der Waals surface area contributed by atoms with Crippen LogP contribution in [0.5, 0.6) is 0 Å². The summed E-state index contributed by atoms with van der Waals surface area (Å²) in [6.07, 6.45) is 3.06.